The minimum atomic E-state index is 0.0647. The molecule has 0 aromatic rings. The highest BCUT2D eigenvalue weighted by Crippen LogP contribution is 1.88. The Hall–Kier alpha value is -0.800. The van der Waals surface area contributed by atoms with Crippen molar-refractivity contribution >= 4 is 0 Å². The quantitative estimate of drug-likeness (QED) is 0.373. The first kappa shape index (κ1) is 10.2. The van der Waals surface area contributed by atoms with Crippen LogP contribution >= 0.6 is 0 Å². The smallest absolute Gasteiger partial charge is 0.108 e. The lowest BCUT2D eigenvalue weighted by molar-refractivity contribution is -0.126. The molecule has 0 aliphatic rings. The highest BCUT2D eigenvalue weighted by molar-refractivity contribution is 5.05. The molecule has 0 aliphatic carbocycles. The maximum absolute atomic E-state index is 8.65. The van der Waals surface area contributed by atoms with E-state index in [1.54, 1.807) is 11.1 Å². The molecule has 0 unspecified atom stereocenters. The zero-order valence-corrected chi connectivity index (χ0v) is 7.08. The molecule has 3 heteroatoms. The molecule has 0 spiro atoms. The molecule has 11 heavy (non-hydrogen) atoms. The summed E-state index contributed by atoms with van der Waals surface area (Å²) in [4.78, 5) is 5.09. The van der Waals surface area contributed by atoms with Crippen LogP contribution in [0.15, 0.2) is 24.5 Å². The third-order valence-corrected chi connectivity index (χ3v) is 1.02. The second-order valence-electron chi connectivity index (χ2n) is 2.12. The van der Waals surface area contributed by atoms with E-state index in [2.05, 4.69) is 6.58 Å². The molecule has 0 saturated heterocycles. The molecular formula is C8H15NO2. The maximum Gasteiger partial charge on any atom is 0.108 e. The maximum atomic E-state index is 8.65. The lowest BCUT2D eigenvalue weighted by Gasteiger charge is -2.11. The number of nitrogens with zero attached hydrogens (tertiary/aromatic N) is 1. The van der Waals surface area contributed by atoms with Crippen LogP contribution in [0.3, 0.4) is 0 Å². The Kier molecular flexibility index (Phi) is 5.51. The fourth-order valence-electron chi connectivity index (χ4n) is 0.610. The SMILES string of the molecule is C=C(O)/C=C/CN(C)OCC. The van der Waals surface area contributed by atoms with Gasteiger partial charge in [-0.2, -0.15) is 5.06 Å². The number of allylic oxidation sites excluding steroid dienone is 1. The largest absolute Gasteiger partial charge is 0.509 e. The molecule has 0 aliphatic heterocycles. The predicted octanol–water partition coefficient (Wildman–Crippen LogP) is 1.50. The summed E-state index contributed by atoms with van der Waals surface area (Å²) in [5.74, 6) is 0.0647. The molecule has 0 bridgehead atoms. The highest BCUT2D eigenvalue weighted by Gasteiger charge is 1.90. The van der Waals surface area contributed by atoms with Gasteiger partial charge >= 0.3 is 0 Å². The number of hydroxylamine groups is 2. The van der Waals surface area contributed by atoms with Crippen molar-refractivity contribution in [2.45, 2.75) is 6.92 Å². The van der Waals surface area contributed by atoms with Gasteiger partial charge in [-0.25, -0.2) is 0 Å². The van der Waals surface area contributed by atoms with Crippen molar-refractivity contribution in [3.8, 4) is 0 Å². The van der Waals surface area contributed by atoms with Gasteiger partial charge in [0.15, 0.2) is 0 Å². The summed E-state index contributed by atoms with van der Waals surface area (Å²) < 4.78 is 0. The number of aliphatic hydroxyl groups is 1. The Morgan fingerprint density at radius 1 is 1.73 bits per heavy atom. The van der Waals surface area contributed by atoms with Gasteiger partial charge < -0.3 is 5.11 Å². The van der Waals surface area contributed by atoms with E-state index in [4.69, 9.17) is 9.94 Å². The summed E-state index contributed by atoms with van der Waals surface area (Å²) in [7, 11) is 1.83. The topological polar surface area (TPSA) is 32.7 Å². The minimum Gasteiger partial charge on any atom is -0.509 e. The lowest BCUT2D eigenvalue weighted by Crippen LogP contribution is -2.18. The van der Waals surface area contributed by atoms with E-state index in [1.165, 1.54) is 6.08 Å². The zero-order chi connectivity index (χ0) is 8.69. The number of hydrogen-bond acceptors (Lipinski definition) is 3. The van der Waals surface area contributed by atoms with Crippen LogP contribution in [0.5, 0.6) is 0 Å². The molecule has 0 saturated carbocycles. The number of hydrogen-bond donors (Lipinski definition) is 1. The molecule has 0 aromatic carbocycles. The molecule has 1 N–H and O–H groups in total. The van der Waals surface area contributed by atoms with Gasteiger partial charge in [0.1, 0.15) is 5.76 Å². The van der Waals surface area contributed by atoms with E-state index in [9.17, 15) is 0 Å². The summed E-state index contributed by atoms with van der Waals surface area (Å²) >= 11 is 0. The van der Waals surface area contributed by atoms with Crippen molar-refractivity contribution in [3.63, 3.8) is 0 Å². The van der Waals surface area contributed by atoms with Gasteiger partial charge in [-0.05, 0) is 13.0 Å². The number of likely N-dealkylation sites (N-methyl/N-ethyl adjacent to an activating group) is 1. The second kappa shape index (κ2) is 5.95. The van der Waals surface area contributed by atoms with E-state index < -0.39 is 0 Å². The fourth-order valence-corrected chi connectivity index (χ4v) is 0.610. The summed E-state index contributed by atoms with van der Waals surface area (Å²) in [6, 6.07) is 0. The number of aliphatic hydroxyl groups excluding tert-OH is 1. The fraction of sp³-hybridized carbons (Fsp3) is 0.500. The van der Waals surface area contributed by atoms with Crippen molar-refractivity contribution in [1.82, 2.24) is 5.06 Å². The summed E-state index contributed by atoms with van der Waals surface area (Å²) in [5.41, 5.74) is 0. The van der Waals surface area contributed by atoms with Crippen LogP contribution in [-0.4, -0.2) is 30.4 Å². The highest BCUT2D eigenvalue weighted by atomic mass is 16.7. The minimum absolute atomic E-state index is 0.0647. The second-order valence-corrected chi connectivity index (χ2v) is 2.12. The summed E-state index contributed by atoms with van der Waals surface area (Å²) in [6.45, 7) is 6.53. The van der Waals surface area contributed by atoms with Gasteiger partial charge in [-0.3, -0.25) is 4.84 Å². The van der Waals surface area contributed by atoms with Crippen molar-refractivity contribution in [2.75, 3.05) is 20.2 Å². The summed E-state index contributed by atoms with van der Waals surface area (Å²) in [6.07, 6.45) is 3.31. The average molecular weight is 157 g/mol. The van der Waals surface area contributed by atoms with E-state index in [0.717, 1.165) is 0 Å². The van der Waals surface area contributed by atoms with E-state index >= 15 is 0 Å². The Morgan fingerprint density at radius 3 is 2.82 bits per heavy atom. The van der Waals surface area contributed by atoms with E-state index in [1.807, 2.05) is 14.0 Å². The molecule has 0 heterocycles. The van der Waals surface area contributed by atoms with E-state index in [0.29, 0.717) is 13.2 Å². The van der Waals surface area contributed by atoms with Crippen molar-refractivity contribution in [2.24, 2.45) is 0 Å². The van der Waals surface area contributed by atoms with Gasteiger partial charge in [-0.15, -0.1) is 0 Å². The molecule has 0 aromatic heterocycles. The van der Waals surface area contributed by atoms with Crippen LogP contribution in [0.4, 0.5) is 0 Å². The first-order chi connectivity index (χ1) is 5.16. The van der Waals surface area contributed by atoms with Crippen molar-refractivity contribution < 1.29 is 9.94 Å². The third kappa shape index (κ3) is 7.09. The van der Waals surface area contributed by atoms with Crippen molar-refractivity contribution in [3.05, 3.63) is 24.5 Å². The first-order valence-corrected chi connectivity index (χ1v) is 3.55. The van der Waals surface area contributed by atoms with Crippen LogP contribution in [0.25, 0.3) is 0 Å². The monoisotopic (exact) mass is 157 g/mol. The summed E-state index contributed by atoms with van der Waals surface area (Å²) in [5, 5.41) is 10.3. The van der Waals surface area contributed by atoms with E-state index in [-0.39, 0.29) is 5.76 Å². The van der Waals surface area contributed by atoms with Gasteiger partial charge in [0.05, 0.1) is 6.61 Å². The molecule has 0 amide bonds. The molecule has 3 nitrogen and oxygen atoms in total. The molecule has 64 valence electrons. The van der Waals surface area contributed by atoms with Crippen LogP contribution in [-0.2, 0) is 4.84 Å². The van der Waals surface area contributed by atoms with Crippen LogP contribution in [0.2, 0.25) is 0 Å². The van der Waals surface area contributed by atoms with Gasteiger partial charge in [-0.1, -0.05) is 12.7 Å². The Balaban J connectivity index is 3.44. The van der Waals surface area contributed by atoms with Crippen LogP contribution < -0.4 is 0 Å². The third-order valence-electron chi connectivity index (χ3n) is 1.02. The predicted molar refractivity (Wildman–Crippen MR) is 45.2 cm³/mol. The molecule has 0 radical (unpaired) electrons. The van der Waals surface area contributed by atoms with Crippen LogP contribution in [0, 0.1) is 0 Å². The molecule has 0 fully saturated rings. The first-order valence-electron chi connectivity index (χ1n) is 3.55. The normalized spacial score (nSPS) is 11.2. The van der Waals surface area contributed by atoms with Crippen LogP contribution in [0.1, 0.15) is 6.92 Å². The Bertz CT molecular complexity index is 143. The molecule has 0 rings (SSSR count). The Morgan fingerprint density at radius 2 is 2.36 bits per heavy atom. The Labute approximate surface area is 67.5 Å². The molecule has 0 atom stereocenters. The lowest BCUT2D eigenvalue weighted by atomic mass is 10.4. The van der Waals surface area contributed by atoms with Crippen molar-refractivity contribution in [1.29, 1.82) is 0 Å². The van der Waals surface area contributed by atoms with Gasteiger partial charge in [0.25, 0.3) is 0 Å². The zero-order valence-electron chi connectivity index (χ0n) is 7.08. The van der Waals surface area contributed by atoms with Gasteiger partial charge in [0, 0.05) is 13.6 Å². The standard InChI is InChI=1S/C8H15NO2/c1-4-11-9(3)7-5-6-8(2)10/h5-6,10H,2,4,7H2,1,3H3/b6-5+. The number of rotatable bonds is 5. The molecular weight excluding hydrogens is 142 g/mol. The van der Waals surface area contributed by atoms with Gasteiger partial charge in [0.2, 0.25) is 0 Å². The average Bonchev–Trinajstić information content (AvgIpc) is 1.87.